The highest BCUT2D eigenvalue weighted by Crippen LogP contribution is 2.35. The van der Waals surface area contributed by atoms with E-state index in [1.54, 1.807) is 0 Å². The lowest BCUT2D eigenvalue weighted by Gasteiger charge is -2.45. The van der Waals surface area contributed by atoms with Crippen LogP contribution in [0.4, 0.5) is 5.69 Å². The minimum atomic E-state index is 0.00707. The first-order valence-electron chi connectivity index (χ1n) is 13.9. The first-order chi connectivity index (χ1) is 17.7. The molecule has 2 aromatic rings. The summed E-state index contributed by atoms with van der Waals surface area (Å²) in [7, 11) is 4.36. The molecule has 37 heavy (non-hydrogen) atoms. The maximum Gasteiger partial charge on any atom is 0.223 e. The van der Waals surface area contributed by atoms with Crippen molar-refractivity contribution in [1.82, 2.24) is 15.1 Å². The summed E-state index contributed by atoms with van der Waals surface area (Å²) < 4.78 is 0. The van der Waals surface area contributed by atoms with Gasteiger partial charge < -0.3 is 20.0 Å². The average molecular weight is 505 g/mol. The van der Waals surface area contributed by atoms with E-state index >= 15 is 0 Å². The van der Waals surface area contributed by atoms with Gasteiger partial charge in [0, 0.05) is 56.3 Å². The molecule has 1 saturated heterocycles. The molecule has 0 bridgehead atoms. The number of rotatable bonds is 8. The number of nitrogens with one attached hydrogen (secondary N) is 1. The molecular formula is C31H44N4O2. The van der Waals surface area contributed by atoms with Crippen molar-refractivity contribution >= 4 is 17.5 Å². The van der Waals surface area contributed by atoms with E-state index in [-0.39, 0.29) is 36.2 Å². The number of carbonyl (C=O) groups excluding carboxylic acids is 2. The van der Waals surface area contributed by atoms with Crippen LogP contribution in [0.1, 0.15) is 55.2 Å². The van der Waals surface area contributed by atoms with Gasteiger partial charge in [-0.15, -0.1) is 0 Å². The summed E-state index contributed by atoms with van der Waals surface area (Å²) in [6, 6.07) is 17.6. The highest BCUT2D eigenvalue weighted by Gasteiger charge is 2.37. The monoisotopic (exact) mass is 504 g/mol. The number of likely N-dealkylation sites (N-methyl/N-ethyl adjacent to an activating group) is 1. The third kappa shape index (κ3) is 7.13. The molecule has 2 aliphatic rings. The van der Waals surface area contributed by atoms with Gasteiger partial charge in [-0.25, -0.2) is 0 Å². The van der Waals surface area contributed by atoms with Gasteiger partial charge in [-0.2, -0.15) is 0 Å². The zero-order valence-corrected chi connectivity index (χ0v) is 23.1. The second-order valence-corrected chi connectivity index (χ2v) is 11.3. The maximum absolute atomic E-state index is 12.8. The normalized spacial score (nSPS) is 22.2. The number of aryl methyl sites for hydroxylation is 2. The predicted molar refractivity (Wildman–Crippen MR) is 151 cm³/mol. The summed E-state index contributed by atoms with van der Waals surface area (Å²) in [6.07, 6.45) is 5.67. The van der Waals surface area contributed by atoms with Crippen molar-refractivity contribution in [2.45, 2.75) is 70.4 Å². The fourth-order valence-electron chi connectivity index (χ4n) is 5.88. The van der Waals surface area contributed by atoms with E-state index in [2.05, 4.69) is 91.6 Å². The second kappa shape index (κ2) is 12.1. The largest absolute Gasteiger partial charge is 0.368 e. The van der Waals surface area contributed by atoms with Gasteiger partial charge in [-0.1, -0.05) is 42.0 Å². The van der Waals surface area contributed by atoms with E-state index in [0.29, 0.717) is 13.1 Å². The molecule has 6 heteroatoms. The molecule has 0 aromatic heterocycles. The van der Waals surface area contributed by atoms with Crippen LogP contribution >= 0.6 is 0 Å². The minimum absolute atomic E-state index is 0.00707. The van der Waals surface area contributed by atoms with Crippen LogP contribution in [0.15, 0.2) is 48.5 Å². The van der Waals surface area contributed by atoms with Crippen LogP contribution in [0.3, 0.4) is 0 Å². The van der Waals surface area contributed by atoms with Crippen molar-refractivity contribution in [2.75, 3.05) is 45.2 Å². The van der Waals surface area contributed by atoms with E-state index in [4.69, 9.17) is 0 Å². The minimum Gasteiger partial charge on any atom is -0.368 e. The molecule has 1 saturated carbocycles. The van der Waals surface area contributed by atoms with Crippen LogP contribution in [-0.2, 0) is 16.0 Å². The van der Waals surface area contributed by atoms with Gasteiger partial charge in [-0.3, -0.25) is 9.59 Å². The van der Waals surface area contributed by atoms with E-state index < -0.39 is 0 Å². The third-order valence-electron chi connectivity index (χ3n) is 8.45. The SMILES string of the molecule is Cc1ccc(CC2(N(C)C)CCC(NC(=O)CCC(=O)N3CCN(c4cccc(C)c4)CC3)CC2)cc1. The molecule has 0 unspecified atom stereocenters. The van der Waals surface area contributed by atoms with Crippen LogP contribution in [0.2, 0.25) is 0 Å². The van der Waals surface area contributed by atoms with Gasteiger partial charge in [0.05, 0.1) is 0 Å². The Kier molecular flexibility index (Phi) is 8.91. The Morgan fingerprint density at radius 2 is 1.59 bits per heavy atom. The van der Waals surface area contributed by atoms with Gasteiger partial charge in [0.25, 0.3) is 0 Å². The molecule has 1 heterocycles. The Balaban J connectivity index is 1.19. The molecule has 0 radical (unpaired) electrons. The van der Waals surface area contributed by atoms with Crippen LogP contribution < -0.4 is 10.2 Å². The third-order valence-corrected chi connectivity index (χ3v) is 8.45. The van der Waals surface area contributed by atoms with Gasteiger partial charge >= 0.3 is 0 Å². The Morgan fingerprint density at radius 1 is 0.919 bits per heavy atom. The molecule has 4 rings (SSSR count). The van der Waals surface area contributed by atoms with Crippen LogP contribution in [0.5, 0.6) is 0 Å². The molecule has 1 N–H and O–H groups in total. The number of amides is 2. The fraction of sp³-hybridized carbons (Fsp3) is 0.548. The van der Waals surface area contributed by atoms with Crippen LogP contribution in [0.25, 0.3) is 0 Å². The summed E-state index contributed by atoms with van der Waals surface area (Å²) in [5.74, 6) is 0.0973. The molecule has 2 fully saturated rings. The summed E-state index contributed by atoms with van der Waals surface area (Å²) in [5.41, 5.74) is 5.26. The maximum atomic E-state index is 12.8. The Hall–Kier alpha value is -2.86. The molecule has 6 nitrogen and oxygen atoms in total. The predicted octanol–water partition coefficient (Wildman–Crippen LogP) is 4.33. The second-order valence-electron chi connectivity index (χ2n) is 11.3. The number of nitrogens with zero attached hydrogens (tertiary/aromatic N) is 3. The molecule has 1 aliphatic carbocycles. The van der Waals surface area contributed by atoms with E-state index in [1.165, 1.54) is 22.4 Å². The van der Waals surface area contributed by atoms with E-state index in [1.807, 2.05) is 4.90 Å². The molecule has 200 valence electrons. The van der Waals surface area contributed by atoms with Gasteiger partial charge in [0.1, 0.15) is 0 Å². The standard InChI is InChI=1S/C31H44N4O2/c1-24-8-10-26(11-9-24)23-31(33(3)4)16-14-27(15-17-31)32-29(36)12-13-30(37)35-20-18-34(19-21-35)28-7-5-6-25(2)22-28/h5-11,22,27H,12-21,23H2,1-4H3,(H,32,36). The summed E-state index contributed by atoms with van der Waals surface area (Å²) in [4.78, 5) is 32.1. The van der Waals surface area contributed by atoms with Crippen molar-refractivity contribution in [3.8, 4) is 0 Å². The lowest BCUT2D eigenvalue weighted by molar-refractivity contribution is -0.134. The Morgan fingerprint density at radius 3 is 2.22 bits per heavy atom. The van der Waals surface area contributed by atoms with Crippen molar-refractivity contribution < 1.29 is 9.59 Å². The van der Waals surface area contributed by atoms with Gasteiger partial charge in [0.15, 0.2) is 0 Å². The van der Waals surface area contributed by atoms with E-state index in [0.717, 1.165) is 45.2 Å². The van der Waals surface area contributed by atoms with E-state index in [9.17, 15) is 9.59 Å². The number of anilines is 1. The first-order valence-corrected chi connectivity index (χ1v) is 13.9. The molecule has 0 atom stereocenters. The smallest absolute Gasteiger partial charge is 0.223 e. The van der Waals surface area contributed by atoms with Crippen molar-refractivity contribution in [1.29, 1.82) is 0 Å². The highest BCUT2D eigenvalue weighted by molar-refractivity contribution is 5.84. The number of carbonyl (C=O) groups is 2. The summed E-state index contributed by atoms with van der Waals surface area (Å²) in [6.45, 7) is 7.32. The van der Waals surface area contributed by atoms with Crippen molar-refractivity contribution in [3.63, 3.8) is 0 Å². The van der Waals surface area contributed by atoms with Gasteiger partial charge in [0.2, 0.25) is 11.8 Å². The Bertz CT molecular complexity index is 1050. The Labute approximate surface area is 223 Å². The molecule has 0 spiro atoms. The zero-order chi connectivity index (χ0) is 26.4. The zero-order valence-electron chi connectivity index (χ0n) is 23.1. The molecular weight excluding hydrogens is 460 g/mol. The fourth-order valence-corrected chi connectivity index (χ4v) is 5.88. The van der Waals surface area contributed by atoms with Crippen molar-refractivity contribution in [2.24, 2.45) is 0 Å². The molecule has 1 aliphatic heterocycles. The molecule has 2 aromatic carbocycles. The first kappa shape index (κ1) is 27.2. The number of piperazine rings is 1. The molecule has 2 amide bonds. The summed E-state index contributed by atoms with van der Waals surface area (Å²) in [5, 5.41) is 3.22. The summed E-state index contributed by atoms with van der Waals surface area (Å²) >= 11 is 0. The van der Waals surface area contributed by atoms with Crippen LogP contribution in [0, 0.1) is 13.8 Å². The number of hydrogen-bond acceptors (Lipinski definition) is 4. The quantitative estimate of drug-likeness (QED) is 0.581. The number of hydrogen-bond donors (Lipinski definition) is 1. The number of benzene rings is 2. The lowest BCUT2D eigenvalue weighted by atomic mass is 9.74. The topological polar surface area (TPSA) is 55.9 Å². The van der Waals surface area contributed by atoms with Crippen LogP contribution in [-0.4, -0.2) is 73.5 Å². The van der Waals surface area contributed by atoms with Crippen molar-refractivity contribution in [3.05, 3.63) is 65.2 Å². The van der Waals surface area contributed by atoms with Gasteiger partial charge in [-0.05, 0) is 83.3 Å². The highest BCUT2D eigenvalue weighted by atomic mass is 16.2. The average Bonchev–Trinajstić information content (AvgIpc) is 2.90. The lowest BCUT2D eigenvalue weighted by Crippen LogP contribution is -2.52.